The minimum absolute atomic E-state index is 0.0598. The van der Waals surface area contributed by atoms with E-state index in [9.17, 15) is 14.7 Å². The first-order valence-corrected chi connectivity index (χ1v) is 13.1. The van der Waals surface area contributed by atoms with Crippen LogP contribution in [0.25, 0.3) is 21.9 Å². The van der Waals surface area contributed by atoms with Gasteiger partial charge >= 0.3 is 0 Å². The fourth-order valence-corrected chi connectivity index (χ4v) is 6.23. The summed E-state index contributed by atoms with van der Waals surface area (Å²) in [5.41, 5.74) is 1.58. The van der Waals surface area contributed by atoms with Gasteiger partial charge in [0.05, 0.1) is 23.0 Å². The highest BCUT2D eigenvalue weighted by Crippen LogP contribution is 2.33. The van der Waals surface area contributed by atoms with Gasteiger partial charge in [-0.15, -0.1) is 0 Å². The number of nitrogens with zero attached hydrogens (tertiary/aromatic N) is 4. The molecule has 6 rings (SSSR count). The molecule has 2 aromatic carbocycles. The van der Waals surface area contributed by atoms with Gasteiger partial charge in [0.25, 0.3) is 5.56 Å². The summed E-state index contributed by atoms with van der Waals surface area (Å²) in [4.78, 5) is 33.5. The van der Waals surface area contributed by atoms with E-state index in [4.69, 9.17) is 0 Å². The second kappa shape index (κ2) is 9.43. The molecule has 8 heteroatoms. The number of hydrogen-bond donors (Lipinski definition) is 2. The molecule has 2 fully saturated rings. The lowest BCUT2D eigenvalue weighted by Crippen LogP contribution is -2.52. The molecular weight excluding hydrogens is 466 g/mol. The van der Waals surface area contributed by atoms with Crippen LogP contribution in [0.1, 0.15) is 30.7 Å². The van der Waals surface area contributed by atoms with Gasteiger partial charge in [-0.1, -0.05) is 48.5 Å². The first-order chi connectivity index (χ1) is 18.0. The zero-order valence-corrected chi connectivity index (χ0v) is 21.1. The van der Waals surface area contributed by atoms with E-state index < -0.39 is 5.60 Å². The van der Waals surface area contributed by atoms with Gasteiger partial charge < -0.3 is 19.9 Å². The first-order valence-electron chi connectivity index (χ1n) is 13.1. The Kier molecular flexibility index (Phi) is 6.09. The number of benzene rings is 2. The van der Waals surface area contributed by atoms with Crippen LogP contribution in [0.4, 0.5) is 0 Å². The van der Waals surface area contributed by atoms with E-state index in [1.54, 1.807) is 6.33 Å². The molecule has 8 nitrogen and oxygen atoms in total. The van der Waals surface area contributed by atoms with Crippen molar-refractivity contribution >= 4 is 27.8 Å². The maximum Gasteiger partial charge on any atom is 0.263 e. The van der Waals surface area contributed by atoms with E-state index in [0.29, 0.717) is 37.0 Å². The van der Waals surface area contributed by atoms with Crippen LogP contribution >= 0.6 is 0 Å². The molecule has 0 unspecified atom stereocenters. The number of aliphatic hydroxyl groups is 1. The number of nitrogens with one attached hydrogen (secondary N) is 1. The molecule has 2 N–H and O–H groups in total. The summed E-state index contributed by atoms with van der Waals surface area (Å²) in [6.07, 6.45) is 3.21. The van der Waals surface area contributed by atoms with Gasteiger partial charge in [-0.2, -0.15) is 0 Å². The van der Waals surface area contributed by atoms with Gasteiger partial charge in [-0.3, -0.25) is 14.2 Å². The Morgan fingerprint density at radius 1 is 1.11 bits per heavy atom. The largest absolute Gasteiger partial charge is 0.388 e. The summed E-state index contributed by atoms with van der Waals surface area (Å²) in [5.74, 6) is 0.268. The summed E-state index contributed by atoms with van der Waals surface area (Å²) in [7, 11) is 1.91. The molecule has 2 aliphatic rings. The van der Waals surface area contributed by atoms with Crippen LogP contribution in [0.5, 0.6) is 0 Å². The molecule has 0 radical (unpaired) electrons. The van der Waals surface area contributed by atoms with Gasteiger partial charge in [-0.25, -0.2) is 4.98 Å². The molecule has 4 heterocycles. The van der Waals surface area contributed by atoms with Crippen molar-refractivity contribution in [2.75, 3.05) is 26.2 Å². The lowest BCUT2D eigenvalue weighted by molar-refractivity contribution is -0.141. The lowest BCUT2D eigenvalue weighted by atomic mass is 9.80. The second-order valence-corrected chi connectivity index (χ2v) is 10.6. The monoisotopic (exact) mass is 499 g/mol. The fourth-order valence-electron chi connectivity index (χ4n) is 6.23. The van der Waals surface area contributed by atoms with Crippen molar-refractivity contribution in [3.8, 4) is 0 Å². The average Bonchev–Trinajstić information content (AvgIpc) is 3.23. The Balaban J connectivity index is 1.18. The molecule has 1 amide bonds. The summed E-state index contributed by atoms with van der Waals surface area (Å²) in [6.45, 7) is 2.77. The number of piperidine rings is 2. The SMILES string of the molecule is Cn1c2ccccc2c2c(=O)n(CC3(O)CCN(C(=O)[C@@H]4CCNC[C@H]4c4ccccc4)CC3)cnc21. The number of rotatable bonds is 4. The number of carbonyl (C=O) groups is 1. The van der Waals surface area contributed by atoms with Crippen molar-refractivity contribution < 1.29 is 9.90 Å². The van der Waals surface area contributed by atoms with Crippen molar-refractivity contribution in [1.82, 2.24) is 24.3 Å². The van der Waals surface area contributed by atoms with Gasteiger partial charge in [0.2, 0.25) is 5.91 Å². The van der Waals surface area contributed by atoms with Crippen molar-refractivity contribution in [2.24, 2.45) is 13.0 Å². The third-order valence-corrected chi connectivity index (χ3v) is 8.37. The Morgan fingerprint density at radius 3 is 2.62 bits per heavy atom. The molecule has 37 heavy (non-hydrogen) atoms. The topological polar surface area (TPSA) is 92.4 Å². The van der Waals surface area contributed by atoms with E-state index in [1.165, 1.54) is 10.1 Å². The number of hydrogen-bond acceptors (Lipinski definition) is 5. The number of likely N-dealkylation sites (tertiary alicyclic amines) is 1. The first kappa shape index (κ1) is 23.9. The van der Waals surface area contributed by atoms with Gasteiger partial charge in [0.15, 0.2) is 0 Å². The predicted molar refractivity (Wildman–Crippen MR) is 143 cm³/mol. The third-order valence-electron chi connectivity index (χ3n) is 8.37. The molecule has 0 bridgehead atoms. The molecule has 0 spiro atoms. The lowest BCUT2D eigenvalue weighted by Gasteiger charge is -2.41. The van der Waals surface area contributed by atoms with Crippen LogP contribution in [0, 0.1) is 5.92 Å². The second-order valence-electron chi connectivity index (χ2n) is 10.6. The zero-order chi connectivity index (χ0) is 25.6. The fraction of sp³-hybridized carbons (Fsp3) is 0.414. The molecule has 192 valence electrons. The minimum atomic E-state index is -1.06. The highest BCUT2D eigenvalue weighted by atomic mass is 16.3. The van der Waals surface area contributed by atoms with Crippen LogP contribution in [0.3, 0.4) is 0 Å². The van der Waals surface area contributed by atoms with Crippen molar-refractivity contribution in [3.63, 3.8) is 0 Å². The Labute approximate surface area is 215 Å². The smallest absolute Gasteiger partial charge is 0.263 e. The molecule has 2 aromatic heterocycles. The summed E-state index contributed by atoms with van der Waals surface area (Å²) >= 11 is 0. The molecule has 2 aliphatic heterocycles. The Bertz CT molecular complexity index is 1500. The molecule has 4 aromatic rings. The van der Waals surface area contributed by atoms with Crippen LogP contribution < -0.4 is 10.9 Å². The van der Waals surface area contributed by atoms with Crippen molar-refractivity contribution in [1.29, 1.82) is 0 Å². The molecule has 0 saturated carbocycles. The molecule has 2 saturated heterocycles. The predicted octanol–water partition coefficient (Wildman–Crippen LogP) is 2.63. The highest BCUT2D eigenvalue weighted by Gasteiger charge is 2.39. The summed E-state index contributed by atoms with van der Waals surface area (Å²) in [5, 5.41) is 16.3. The molecule has 2 atom stereocenters. The van der Waals surface area contributed by atoms with Crippen LogP contribution in [-0.2, 0) is 18.4 Å². The highest BCUT2D eigenvalue weighted by molar-refractivity contribution is 6.05. The number of aromatic nitrogens is 3. The average molecular weight is 500 g/mol. The molecular formula is C29H33N5O3. The number of para-hydroxylation sites is 1. The number of amides is 1. The zero-order valence-electron chi connectivity index (χ0n) is 21.1. The number of aryl methyl sites for hydroxylation is 1. The van der Waals surface area contributed by atoms with Crippen LogP contribution in [-0.4, -0.2) is 61.8 Å². The van der Waals surface area contributed by atoms with Gasteiger partial charge in [0, 0.05) is 43.9 Å². The maximum atomic E-state index is 13.6. The van der Waals surface area contributed by atoms with E-state index in [0.717, 1.165) is 30.4 Å². The third kappa shape index (κ3) is 4.24. The minimum Gasteiger partial charge on any atom is -0.388 e. The van der Waals surface area contributed by atoms with Crippen LogP contribution in [0.15, 0.2) is 65.7 Å². The Morgan fingerprint density at radius 2 is 1.84 bits per heavy atom. The van der Waals surface area contributed by atoms with Crippen molar-refractivity contribution in [3.05, 3.63) is 76.8 Å². The van der Waals surface area contributed by atoms with Crippen molar-refractivity contribution in [2.45, 2.75) is 37.3 Å². The number of carbonyl (C=O) groups excluding carboxylic acids is 1. The van der Waals surface area contributed by atoms with E-state index >= 15 is 0 Å². The van der Waals surface area contributed by atoms with E-state index in [1.807, 2.05) is 59.0 Å². The van der Waals surface area contributed by atoms with Gasteiger partial charge in [0.1, 0.15) is 12.0 Å². The quantitative estimate of drug-likeness (QED) is 0.450. The summed E-state index contributed by atoms with van der Waals surface area (Å²) in [6, 6.07) is 18.0. The standard InChI is InChI=1S/C29H33N5O3/c1-32-24-10-6-5-9-22(24)25-26(32)31-19-34(28(25)36)18-29(37)12-15-33(16-13-29)27(35)21-11-14-30-17-23(21)20-7-3-2-4-8-20/h2-10,19,21,23,30,37H,11-18H2,1H3/t21-,23+/m1/s1. The van der Waals surface area contributed by atoms with Gasteiger partial charge in [-0.05, 0) is 37.4 Å². The van der Waals surface area contributed by atoms with Crippen LogP contribution in [0.2, 0.25) is 0 Å². The molecule has 0 aliphatic carbocycles. The van der Waals surface area contributed by atoms with E-state index in [-0.39, 0.29) is 29.8 Å². The van der Waals surface area contributed by atoms with E-state index in [2.05, 4.69) is 22.4 Å². The normalized spacial score (nSPS) is 21.9. The maximum absolute atomic E-state index is 13.6. The number of fused-ring (bicyclic) bond motifs is 3. The summed E-state index contributed by atoms with van der Waals surface area (Å²) < 4.78 is 3.46. The Hall–Kier alpha value is -3.49.